The Kier molecular flexibility index (Phi) is 2.84. The van der Waals surface area contributed by atoms with Crippen molar-refractivity contribution in [2.45, 2.75) is 44.9 Å². The fourth-order valence-corrected chi connectivity index (χ4v) is 5.94. The number of rotatable bonds is 2. The number of nitrogens with zero attached hydrogens (tertiary/aromatic N) is 1. The molecule has 114 valence electrons. The van der Waals surface area contributed by atoms with Gasteiger partial charge in [-0.3, -0.25) is 4.98 Å². The lowest BCUT2D eigenvalue weighted by atomic mass is 9.52. The van der Waals surface area contributed by atoms with Crippen LogP contribution < -0.4 is 5.46 Å². The first-order chi connectivity index (χ1) is 11.2. The Balaban J connectivity index is 1.57. The predicted molar refractivity (Wildman–Crippen MR) is 95.1 cm³/mol. The Morgan fingerprint density at radius 3 is 2.87 bits per heavy atom. The normalized spacial score (nSPS) is 33.7. The number of hydrogen-bond donors (Lipinski definition) is 0. The van der Waals surface area contributed by atoms with E-state index in [4.69, 9.17) is 7.85 Å². The fraction of sp³-hybridized carbons (Fsp3) is 0.476. The zero-order valence-corrected chi connectivity index (χ0v) is 13.8. The van der Waals surface area contributed by atoms with E-state index in [1.165, 1.54) is 37.7 Å². The van der Waals surface area contributed by atoms with Crippen molar-refractivity contribution >= 4 is 13.3 Å². The summed E-state index contributed by atoms with van der Waals surface area (Å²) in [6.45, 7) is 2.42. The van der Waals surface area contributed by atoms with Crippen molar-refractivity contribution in [1.29, 1.82) is 0 Å². The summed E-state index contributed by atoms with van der Waals surface area (Å²) in [7, 11) is 5.77. The first-order valence-electron chi connectivity index (χ1n) is 9.04. The molecule has 3 aliphatic carbocycles. The van der Waals surface area contributed by atoms with Crippen LogP contribution in [0.5, 0.6) is 0 Å². The molecule has 0 spiro atoms. The molecular weight excluding hydrogens is 277 g/mol. The third-order valence-electron chi connectivity index (χ3n) is 7.18. The summed E-state index contributed by atoms with van der Waals surface area (Å²) in [4.78, 5) is 4.51. The average Bonchev–Trinajstić information content (AvgIpc) is 2.79. The van der Waals surface area contributed by atoms with E-state index in [1.807, 2.05) is 12.1 Å². The van der Waals surface area contributed by atoms with Gasteiger partial charge in [0.25, 0.3) is 0 Å². The summed E-state index contributed by atoms with van der Waals surface area (Å²) in [6, 6.07) is 11.0. The molecule has 4 atom stereocenters. The number of aromatic nitrogens is 1. The van der Waals surface area contributed by atoms with Crippen LogP contribution in [0.3, 0.4) is 0 Å². The van der Waals surface area contributed by atoms with Crippen LogP contribution >= 0.6 is 0 Å². The lowest BCUT2D eigenvalue weighted by Gasteiger charge is -2.53. The van der Waals surface area contributed by atoms with Gasteiger partial charge in [-0.1, -0.05) is 30.6 Å². The van der Waals surface area contributed by atoms with Gasteiger partial charge in [-0.25, -0.2) is 0 Å². The highest BCUT2D eigenvalue weighted by atomic mass is 14.7. The number of benzene rings is 1. The third kappa shape index (κ3) is 1.84. The Morgan fingerprint density at radius 2 is 2.09 bits per heavy atom. The molecule has 4 unspecified atom stereocenters. The van der Waals surface area contributed by atoms with Gasteiger partial charge in [0.05, 0.1) is 5.69 Å². The fourth-order valence-electron chi connectivity index (χ4n) is 5.94. The number of fused-ring (bicyclic) bond motifs is 3. The summed E-state index contributed by atoms with van der Waals surface area (Å²) in [5, 5.41) is 0. The van der Waals surface area contributed by atoms with Crippen molar-refractivity contribution in [2.75, 3.05) is 0 Å². The molecule has 0 saturated heterocycles. The standard InChI is InChI=1S/C21H22BN/c1-2-21-11-15-8-17(21)10-16(21)7-13-3-4-14(9-19(13)15)20-6-5-18(22)12-23-20/h3-6,9,12,15-17H,2,7-8,10-11H2,1H3. The quantitative estimate of drug-likeness (QED) is 0.764. The van der Waals surface area contributed by atoms with E-state index in [2.05, 4.69) is 30.1 Å². The smallest absolute Gasteiger partial charge is 0.115 e. The van der Waals surface area contributed by atoms with E-state index in [9.17, 15) is 0 Å². The van der Waals surface area contributed by atoms with Crippen LogP contribution in [0.2, 0.25) is 0 Å². The zero-order chi connectivity index (χ0) is 15.6. The van der Waals surface area contributed by atoms with Crippen molar-refractivity contribution in [3.8, 4) is 11.3 Å². The maximum absolute atomic E-state index is 5.77. The molecule has 1 aromatic carbocycles. The lowest BCUT2D eigenvalue weighted by molar-refractivity contribution is -0.0297. The van der Waals surface area contributed by atoms with E-state index in [0.29, 0.717) is 5.41 Å². The van der Waals surface area contributed by atoms with E-state index < -0.39 is 0 Å². The minimum atomic E-state index is 0.670. The van der Waals surface area contributed by atoms with Crippen LogP contribution in [0.4, 0.5) is 0 Å². The van der Waals surface area contributed by atoms with Gasteiger partial charge in [0, 0.05) is 11.8 Å². The average molecular weight is 299 g/mol. The van der Waals surface area contributed by atoms with Crippen molar-refractivity contribution in [3.05, 3.63) is 47.7 Å². The molecule has 5 rings (SSSR count). The van der Waals surface area contributed by atoms with Crippen LogP contribution in [-0.2, 0) is 6.42 Å². The van der Waals surface area contributed by atoms with Crippen LogP contribution in [0.25, 0.3) is 11.3 Å². The molecule has 2 aromatic rings. The molecule has 1 heterocycles. The summed E-state index contributed by atoms with van der Waals surface area (Å²) >= 11 is 0. The molecule has 0 N–H and O–H groups in total. The summed E-state index contributed by atoms with van der Waals surface area (Å²) in [5.74, 6) is 2.70. The molecule has 2 bridgehead atoms. The molecular formula is C21H22BN. The highest BCUT2D eigenvalue weighted by Gasteiger charge is 2.60. The summed E-state index contributed by atoms with van der Waals surface area (Å²) in [5.41, 5.74) is 6.90. The molecule has 1 aromatic heterocycles. The predicted octanol–water partition coefficient (Wildman–Crippen LogP) is 4.01. The third-order valence-corrected chi connectivity index (χ3v) is 7.18. The van der Waals surface area contributed by atoms with Crippen molar-refractivity contribution in [3.63, 3.8) is 0 Å². The van der Waals surface area contributed by atoms with Crippen LogP contribution in [0.1, 0.15) is 49.7 Å². The Hall–Kier alpha value is -1.57. The molecule has 2 saturated carbocycles. The first kappa shape index (κ1) is 13.8. The van der Waals surface area contributed by atoms with Gasteiger partial charge in [0.15, 0.2) is 0 Å². The molecule has 3 aliphatic rings. The first-order valence-corrected chi connectivity index (χ1v) is 9.04. The molecule has 23 heavy (non-hydrogen) atoms. The van der Waals surface area contributed by atoms with Gasteiger partial charge in [-0.05, 0) is 78.5 Å². The Morgan fingerprint density at radius 1 is 1.17 bits per heavy atom. The highest BCUT2D eigenvalue weighted by Crippen LogP contribution is 2.69. The molecule has 2 radical (unpaired) electrons. The molecule has 0 aliphatic heterocycles. The molecule has 2 fully saturated rings. The van der Waals surface area contributed by atoms with Crippen LogP contribution in [0, 0.1) is 17.3 Å². The topological polar surface area (TPSA) is 12.9 Å². The largest absolute Gasteiger partial charge is 0.257 e. The second-order valence-electron chi connectivity index (χ2n) is 7.95. The number of pyridine rings is 1. The van der Waals surface area contributed by atoms with E-state index >= 15 is 0 Å². The van der Waals surface area contributed by atoms with Gasteiger partial charge in [-0.15, -0.1) is 0 Å². The van der Waals surface area contributed by atoms with Gasteiger partial charge in [0.1, 0.15) is 7.85 Å². The highest BCUT2D eigenvalue weighted by molar-refractivity contribution is 6.32. The lowest BCUT2D eigenvalue weighted by Crippen LogP contribution is -2.46. The molecule has 2 heteroatoms. The van der Waals surface area contributed by atoms with Crippen molar-refractivity contribution in [1.82, 2.24) is 4.98 Å². The minimum absolute atomic E-state index is 0.670. The maximum Gasteiger partial charge on any atom is 0.115 e. The monoisotopic (exact) mass is 299 g/mol. The van der Waals surface area contributed by atoms with Crippen molar-refractivity contribution in [2.24, 2.45) is 17.3 Å². The number of hydrogen-bond acceptors (Lipinski definition) is 1. The van der Waals surface area contributed by atoms with Gasteiger partial charge < -0.3 is 0 Å². The van der Waals surface area contributed by atoms with Gasteiger partial charge in [-0.2, -0.15) is 0 Å². The summed E-state index contributed by atoms with van der Waals surface area (Å²) < 4.78 is 0. The second kappa shape index (κ2) is 4.72. The van der Waals surface area contributed by atoms with E-state index in [-0.39, 0.29) is 0 Å². The van der Waals surface area contributed by atoms with E-state index in [0.717, 1.165) is 28.9 Å². The Labute approximate surface area is 139 Å². The molecule has 1 nitrogen and oxygen atoms in total. The van der Waals surface area contributed by atoms with E-state index in [1.54, 1.807) is 17.3 Å². The van der Waals surface area contributed by atoms with Crippen molar-refractivity contribution < 1.29 is 0 Å². The van der Waals surface area contributed by atoms with Gasteiger partial charge >= 0.3 is 0 Å². The second-order valence-corrected chi connectivity index (χ2v) is 7.95. The van der Waals surface area contributed by atoms with Gasteiger partial charge in [0.2, 0.25) is 0 Å². The van der Waals surface area contributed by atoms with Crippen LogP contribution in [-0.4, -0.2) is 12.8 Å². The SMILES string of the molecule is [B]c1ccc(-c2ccc3c(c2)C2CC4CC(C3)C4(CC)C2)nc1. The van der Waals surface area contributed by atoms with Crippen LogP contribution in [0.15, 0.2) is 36.5 Å². The minimum Gasteiger partial charge on any atom is -0.257 e. The Bertz CT molecular complexity index is 766. The zero-order valence-electron chi connectivity index (χ0n) is 13.8. The summed E-state index contributed by atoms with van der Waals surface area (Å²) in [6.07, 6.45) is 8.74. The molecule has 0 amide bonds. The maximum atomic E-state index is 5.77.